The summed E-state index contributed by atoms with van der Waals surface area (Å²) in [4.78, 5) is 57.2. The Morgan fingerprint density at radius 2 is 0.434 bits per heavy atom. The van der Waals surface area contributed by atoms with E-state index in [1.165, 1.54) is 70.8 Å². The molecule has 143 heavy (non-hydrogen) atoms. The molecule has 0 spiro atoms. The third kappa shape index (κ3) is 37.3. The summed E-state index contributed by atoms with van der Waals surface area (Å²) in [6, 6.07) is 89.5. The summed E-state index contributed by atoms with van der Waals surface area (Å²) in [6.07, 6.45) is -13.3. The van der Waals surface area contributed by atoms with Gasteiger partial charge in [0.05, 0.1) is 45.9 Å². The Balaban J connectivity index is 0.000000213. The van der Waals surface area contributed by atoms with Crippen molar-refractivity contribution in [3.05, 3.63) is 404 Å². The fraction of sp³-hybridized carbons (Fsp3) is 0.361. The topological polar surface area (TPSA) is 127 Å². The molecule has 0 radical (unpaired) electrons. The SMILES string of the molecule is CC(C)Cc1ccc([C@H](C)C(=O)N(C)CCC(Oc2ccc(C(F)(F)F)cc2)c2ccccc2)cc1.CC(C)Cc1ccc([C@H](C)C(=O)N(C)CC[C@@H](Oc2ccc(C(F)(F)F)cc2)c2ccccc2)cc1.CC(C)Cc1ccc([C@H](C)C(=O)N(C)CC[C@H](Oc2ccc(C(F)(F)F)cc2)c2ccccc2)cc1.CC(C)Cc1ccc([C@H](C)C(=O)NCC[C@@H](Oc2ccc(C(F)(F)F)cc2)c2ccccc2)cc1. The first-order valence-electron chi connectivity index (χ1n) is 48.7. The number of nitrogens with zero attached hydrogens (tertiary/aromatic N) is 3. The summed E-state index contributed by atoms with van der Waals surface area (Å²) in [5.74, 6) is 2.47. The van der Waals surface area contributed by atoms with E-state index in [2.05, 4.69) is 109 Å². The molecule has 8 atom stereocenters. The molecule has 0 aromatic heterocycles. The van der Waals surface area contributed by atoms with Crippen LogP contribution in [-0.2, 0) is 69.6 Å². The summed E-state index contributed by atoms with van der Waals surface area (Å²) < 4.78 is 179. The summed E-state index contributed by atoms with van der Waals surface area (Å²) in [7, 11) is 5.31. The molecule has 1 unspecified atom stereocenters. The lowest BCUT2D eigenvalue weighted by Gasteiger charge is -2.25. The van der Waals surface area contributed by atoms with Gasteiger partial charge in [-0.1, -0.05) is 274 Å². The quantitative estimate of drug-likeness (QED) is 0.0376. The van der Waals surface area contributed by atoms with Crippen LogP contribution >= 0.6 is 0 Å². The molecule has 12 rings (SSSR count). The lowest BCUT2D eigenvalue weighted by molar-refractivity contribution is -0.138. The monoisotopic (exact) mass is 1980 g/mol. The van der Waals surface area contributed by atoms with Crippen molar-refractivity contribution in [3.63, 3.8) is 0 Å². The summed E-state index contributed by atoms with van der Waals surface area (Å²) in [5.41, 5.74) is 9.58. The molecule has 12 nitrogen and oxygen atoms in total. The van der Waals surface area contributed by atoms with E-state index in [0.29, 0.717) is 98.5 Å². The molecule has 0 bridgehead atoms. The van der Waals surface area contributed by atoms with Crippen molar-refractivity contribution < 1.29 is 90.8 Å². The number of likely N-dealkylation sites (N-methyl/N-ethyl adjacent to an activating group) is 3. The van der Waals surface area contributed by atoms with Gasteiger partial charge in [0, 0.05) is 73.0 Å². The van der Waals surface area contributed by atoms with Crippen LogP contribution in [0.5, 0.6) is 23.0 Å². The van der Waals surface area contributed by atoms with Gasteiger partial charge in [-0.3, -0.25) is 19.2 Å². The average molecular weight is 1980 g/mol. The molecule has 1 N–H and O–H groups in total. The van der Waals surface area contributed by atoms with E-state index in [-0.39, 0.29) is 47.3 Å². The van der Waals surface area contributed by atoms with Crippen molar-refractivity contribution in [1.29, 1.82) is 0 Å². The first-order chi connectivity index (χ1) is 67.8. The van der Waals surface area contributed by atoms with Crippen LogP contribution in [0.2, 0.25) is 0 Å². The zero-order valence-electron chi connectivity index (χ0n) is 84.1. The fourth-order valence-electron chi connectivity index (χ4n) is 16.4. The largest absolute Gasteiger partial charge is 0.486 e. The molecule has 12 aromatic carbocycles. The van der Waals surface area contributed by atoms with Crippen LogP contribution in [0.4, 0.5) is 52.7 Å². The van der Waals surface area contributed by atoms with Crippen molar-refractivity contribution in [2.24, 2.45) is 23.7 Å². The maximum Gasteiger partial charge on any atom is 0.416 e. The van der Waals surface area contributed by atoms with Gasteiger partial charge in [-0.15, -0.1) is 0 Å². The second kappa shape index (κ2) is 54.4. The Labute approximate surface area is 835 Å². The van der Waals surface area contributed by atoms with Crippen LogP contribution in [0.15, 0.2) is 315 Å². The number of nitrogens with one attached hydrogen (secondary N) is 1. The van der Waals surface area contributed by atoms with Gasteiger partial charge >= 0.3 is 24.7 Å². The van der Waals surface area contributed by atoms with E-state index in [1.807, 2.05) is 198 Å². The molecule has 0 saturated heterocycles. The molecular formula is C119H134F12N4O8. The van der Waals surface area contributed by atoms with Crippen molar-refractivity contribution >= 4 is 23.6 Å². The van der Waals surface area contributed by atoms with Crippen molar-refractivity contribution in [3.8, 4) is 23.0 Å². The maximum absolute atomic E-state index is 13.1. The van der Waals surface area contributed by atoms with E-state index in [4.69, 9.17) is 18.9 Å². The number of carbonyl (C=O) groups is 4. The third-order valence-corrected chi connectivity index (χ3v) is 24.5. The molecule has 0 fully saturated rings. The number of amides is 4. The van der Waals surface area contributed by atoms with Crippen LogP contribution in [0.3, 0.4) is 0 Å². The summed E-state index contributed by atoms with van der Waals surface area (Å²) in [5, 5.41) is 2.98. The van der Waals surface area contributed by atoms with Crippen molar-refractivity contribution in [1.82, 2.24) is 20.0 Å². The molecule has 0 aliphatic heterocycles. The molecule has 0 saturated carbocycles. The van der Waals surface area contributed by atoms with E-state index >= 15 is 0 Å². The molecule has 24 heteroatoms. The minimum atomic E-state index is -4.40. The van der Waals surface area contributed by atoms with Crippen LogP contribution in [0.25, 0.3) is 0 Å². The highest BCUT2D eigenvalue weighted by Gasteiger charge is 2.35. The number of ether oxygens (including phenoxy) is 4. The Bertz CT molecular complexity index is 5350. The highest BCUT2D eigenvalue weighted by Crippen LogP contribution is 2.39. The fourth-order valence-corrected chi connectivity index (χ4v) is 16.4. The van der Waals surface area contributed by atoms with Gasteiger partial charge in [-0.25, -0.2) is 0 Å². The molecule has 12 aromatic rings. The van der Waals surface area contributed by atoms with E-state index < -0.39 is 71.4 Å². The van der Waals surface area contributed by atoms with Gasteiger partial charge in [0.2, 0.25) is 23.6 Å². The molecular weight excluding hydrogens is 1840 g/mol. The van der Waals surface area contributed by atoms with Gasteiger partial charge in [-0.05, 0) is 241 Å². The predicted molar refractivity (Wildman–Crippen MR) is 543 cm³/mol. The van der Waals surface area contributed by atoms with Crippen LogP contribution in [-0.4, -0.2) is 85.7 Å². The van der Waals surface area contributed by atoms with E-state index in [9.17, 15) is 71.9 Å². The van der Waals surface area contributed by atoms with E-state index in [1.54, 1.807) is 35.8 Å². The number of hydrogen-bond donors (Lipinski definition) is 1. The first kappa shape index (κ1) is 113. The summed E-state index contributed by atoms with van der Waals surface area (Å²) in [6.45, 7) is 26.7. The third-order valence-electron chi connectivity index (χ3n) is 24.5. The van der Waals surface area contributed by atoms with Gasteiger partial charge < -0.3 is 39.0 Å². The summed E-state index contributed by atoms with van der Waals surface area (Å²) >= 11 is 0. The maximum atomic E-state index is 13.1. The number of benzene rings is 12. The molecule has 0 aliphatic rings. The number of rotatable bonds is 40. The zero-order chi connectivity index (χ0) is 104. The van der Waals surface area contributed by atoms with E-state index in [0.717, 1.165) is 119 Å². The van der Waals surface area contributed by atoms with Gasteiger partial charge in [0.15, 0.2) is 0 Å². The highest BCUT2D eigenvalue weighted by molar-refractivity contribution is 5.85. The Kier molecular flexibility index (Phi) is 43.1. The molecule has 0 aliphatic carbocycles. The van der Waals surface area contributed by atoms with Gasteiger partial charge in [-0.2, -0.15) is 52.7 Å². The second-order valence-corrected chi connectivity index (χ2v) is 38.1. The van der Waals surface area contributed by atoms with Crippen LogP contribution in [0, 0.1) is 23.7 Å². The highest BCUT2D eigenvalue weighted by atomic mass is 19.4. The van der Waals surface area contributed by atoms with Gasteiger partial charge in [0.1, 0.15) is 47.4 Å². The lowest BCUT2D eigenvalue weighted by Crippen LogP contribution is -2.32. The van der Waals surface area contributed by atoms with Crippen molar-refractivity contribution in [2.45, 2.75) is 207 Å². The minimum Gasteiger partial charge on any atom is -0.486 e. The molecule has 4 amide bonds. The number of halogens is 12. The lowest BCUT2D eigenvalue weighted by atomic mass is 9.96. The Morgan fingerprint density at radius 3 is 0.622 bits per heavy atom. The van der Waals surface area contributed by atoms with Crippen LogP contribution < -0.4 is 24.3 Å². The standard InChI is InChI=1S/3C30H34F3NO2.C29H32F3NO2/c3*1-21(2)20-23-10-12-24(13-11-23)22(3)29(35)34(4)19-18-28(25-8-6-5-7-9-25)36-27-16-14-26(15-17-27)30(31,32)33;1-20(2)19-22-9-11-23(12-10-22)21(3)28(34)33-18-17-27(24-7-5-4-6-8-24)35-26-15-13-25(14-16-26)29(30,31)32/h3*5-17,21-22,28H,18-20H2,1-4H3;4-16,20-21,27H,17-19H2,1-3H3,(H,33,34)/t22-,28?;22-,28+;22-,28-;21-,27+/m0000/s1. The minimum absolute atomic E-state index is 0.00736. The van der Waals surface area contributed by atoms with Crippen molar-refractivity contribution in [2.75, 3.05) is 47.3 Å². The van der Waals surface area contributed by atoms with Crippen LogP contribution in [0.1, 0.15) is 246 Å². The average Bonchev–Trinajstić information content (AvgIpc) is 0.844. The Hall–Kier alpha value is -13.1. The molecule has 0 heterocycles. The normalized spacial score (nSPS) is 13.3. The smallest absolute Gasteiger partial charge is 0.416 e. The van der Waals surface area contributed by atoms with Gasteiger partial charge in [0.25, 0.3) is 0 Å². The Morgan fingerprint density at radius 1 is 0.245 bits per heavy atom. The predicted octanol–water partition coefficient (Wildman–Crippen LogP) is 30.4. The number of carbonyl (C=O) groups excluding carboxylic acids is 4. The second-order valence-electron chi connectivity index (χ2n) is 38.1. The number of hydrogen-bond acceptors (Lipinski definition) is 8. The first-order valence-corrected chi connectivity index (χ1v) is 48.7. The number of alkyl halides is 12. The molecule has 762 valence electrons. The zero-order valence-corrected chi connectivity index (χ0v) is 84.1.